The highest BCUT2D eigenvalue weighted by Gasteiger charge is 2.36. The Labute approximate surface area is 204 Å². The van der Waals surface area contributed by atoms with Crippen LogP contribution < -0.4 is 10.2 Å². The van der Waals surface area contributed by atoms with Crippen LogP contribution in [0.2, 0.25) is 10.0 Å². The van der Waals surface area contributed by atoms with E-state index in [2.05, 4.69) is 15.5 Å². The number of allylic oxidation sites excluding steroid dienone is 1. The van der Waals surface area contributed by atoms with Gasteiger partial charge < -0.3 is 9.84 Å². The first-order valence-electron chi connectivity index (χ1n) is 10.3. The Morgan fingerprint density at radius 1 is 1.00 bits per heavy atom. The number of aromatic nitrogens is 2. The molecule has 0 fully saturated rings. The number of amides is 2. The molecular weight excluding hydrogens is 478 g/mol. The van der Waals surface area contributed by atoms with Crippen LogP contribution in [0.1, 0.15) is 24.4 Å². The van der Waals surface area contributed by atoms with Gasteiger partial charge in [-0.25, -0.2) is 9.18 Å². The molecule has 1 atom stereocenters. The van der Waals surface area contributed by atoms with Crippen molar-refractivity contribution in [3.63, 3.8) is 0 Å². The van der Waals surface area contributed by atoms with E-state index in [4.69, 9.17) is 27.7 Å². The first-order chi connectivity index (χ1) is 16.4. The highest BCUT2D eigenvalue weighted by molar-refractivity contribution is 6.31. The average Bonchev–Trinajstić information content (AvgIpc) is 3.30. The van der Waals surface area contributed by atoms with Crippen LogP contribution in [0.4, 0.5) is 14.9 Å². The summed E-state index contributed by atoms with van der Waals surface area (Å²) in [5.41, 5.74) is 3.02. The topological polar surface area (TPSA) is 71.3 Å². The minimum absolute atomic E-state index is 0.195. The summed E-state index contributed by atoms with van der Waals surface area (Å²) in [7, 11) is 0. The van der Waals surface area contributed by atoms with Crippen LogP contribution in [0.3, 0.4) is 0 Å². The van der Waals surface area contributed by atoms with E-state index in [0.29, 0.717) is 32.6 Å². The van der Waals surface area contributed by atoms with Gasteiger partial charge in [-0.3, -0.25) is 4.90 Å². The lowest BCUT2D eigenvalue weighted by molar-refractivity contribution is 0.244. The van der Waals surface area contributed by atoms with Crippen LogP contribution in [0, 0.1) is 5.82 Å². The van der Waals surface area contributed by atoms with Crippen molar-refractivity contribution in [1.82, 2.24) is 15.5 Å². The van der Waals surface area contributed by atoms with Gasteiger partial charge in [0.2, 0.25) is 5.82 Å². The van der Waals surface area contributed by atoms with E-state index in [-0.39, 0.29) is 17.7 Å². The van der Waals surface area contributed by atoms with Crippen molar-refractivity contribution in [3.8, 4) is 11.4 Å². The summed E-state index contributed by atoms with van der Waals surface area (Å²) in [4.78, 5) is 19.2. The lowest BCUT2D eigenvalue weighted by atomic mass is 9.94. The molecule has 1 aliphatic heterocycles. The number of nitrogens with zero attached hydrogens (tertiary/aromatic N) is 3. The van der Waals surface area contributed by atoms with E-state index in [1.807, 2.05) is 6.07 Å². The molecule has 6 nitrogen and oxygen atoms in total. The molecule has 0 radical (unpaired) electrons. The molecule has 0 saturated heterocycles. The molecule has 2 heterocycles. The third-order valence-electron chi connectivity index (χ3n) is 5.49. The second-order valence-corrected chi connectivity index (χ2v) is 8.55. The molecule has 0 aliphatic carbocycles. The lowest BCUT2D eigenvalue weighted by Gasteiger charge is -2.35. The molecule has 5 rings (SSSR count). The Hall–Kier alpha value is -3.68. The standard InChI is InChI=1S/C25H17Cl2FN4O2/c1-14-21(24-30-23(31-34-24)16-5-3-7-19(28)13-16)22(15-4-2-6-18(27)12-15)29-25(33)32(14)20-10-8-17(26)9-11-20/h2-13,22H,1H3,(H,29,33). The number of hydrogen-bond donors (Lipinski definition) is 1. The second kappa shape index (κ2) is 8.93. The maximum absolute atomic E-state index is 13.7. The highest BCUT2D eigenvalue weighted by Crippen LogP contribution is 2.39. The molecule has 2 amide bonds. The van der Waals surface area contributed by atoms with E-state index < -0.39 is 11.9 Å². The summed E-state index contributed by atoms with van der Waals surface area (Å²) in [5, 5.41) is 8.13. The zero-order valence-electron chi connectivity index (χ0n) is 17.8. The van der Waals surface area contributed by atoms with E-state index in [0.717, 1.165) is 5.56 Å². The van der Waals surface area contributed by atoms with Crippen molar-refractivity contribution >= 4 is 40.5 Å². The summed E-state index contributed by atoms with van der Waals surface area (Å²) in [6.45, 7) is 1.80. The third-order valence-corrected chi connectivity index (χ3v) is 5.98. The van der Waals surface area contributed by atoms with Crippen molar-refractivity contribution in [2.45, 2.75) is 13.0 Å². The molecular formula is C25H17Cl2FN4O2. The fourth-order valence-electron chi connectivity index (χ4n) is 3.93. The van der Waals surface area contributed by atoms with E-state index in [1.54, 1.807) is 61.5 Å². The number of carbonyl (C=O) groups excluding carboxylic acids is 1. The SMILES string of the molecule is CC1=C(c2nc(-c3cccc(F)c3)no2)C(c2cccc(Cl)c2)NC(=O)N1c1ccc(Cl)cc1. The number of nitrogens with one attached hydrogen (secondary N) is 1. The largest absolute Gasteiger partial charge is 0.334 e. The summed E-state index contributed by atoms with van der Waals surface area (Å²) in [5.74, 6) is 0.0187. The van der Waals surface area contributed by atoms with Gasteiger partial charge in [-0.1, -0.05) is 52.6 Å². The highest BCUT2D eigenvalue weighted by atomic mass is 35.5. The maximum Gasteiger partial charge on any atom is 0.326 e. The third kappa shape index (κ3) is 4.16. The Kier molecular flexibility index (Phi) is 5.81. The summed E-state index contributed by atoms with van der Waals surface area (Å²) in [6.07, 6.45) is 0. The van der Waals surface area contributed by atoms with Gasteiger partial charge in [0.15, 0.2) is 0 Å². The van der Waals surface area contributed by atoms with Crippen LogP contribution >= 0.6 is 23.2 Å². The number of halogens is 3. The molecule has 0 spiro atoms. The van der Waals surface area contributed by atoms with Crippen LogP contribution in [0.5, 0.6) is 0 Å². The quantitative estimate of drug-likeness (QED) is 0.335. The Morgan fingerprint density at radius 2 is 1.76 bits per heavy atom. The molecule has 1 N–H and O–H groups in total. The first-order valence-corrected chi connectivity index (χ1v) is 11.1. The number of hydrogen-bond acceptors (Lipinski definition) is 4. The van der Waals surface area contributed by atoms with Gasteiger partial charge in [0.25, 0.3) is 5.89 Å². The molecule has 34 heavy (non-hydrogen) atoms. The summed E-state index contributed by atoms with van der Waals surface area (Å²) >= 11 is 12.3. The summed E-state index contributed by atoms with van der Waals surface area (Å²) in [6, 6.07) is 19.1. The normalized spacial score (nSPS) is 16.1. The lowest BCUT2D eigenvalue weighted by Crippen LogP contribution is -2.46. The molecule has 1 aromatic heterocycles. The van der Waals surface area contributed by atoms with Crippen molar-refractivity contribution in [2.75, 3.05) is 4.90 Å². The number of carbonyl (C=O) groups is 1. The smallest absolute Gasteiger partial charge is 0.326 e. The zero-order valence-corrected chi connectivity index (χ0v) is 19.3. The average molecular weight is 495 g/mol. The van der Waals surface area contributed by atoms with E-state index >= 15 is 0 Å². The number of urea groups is 1. The monoisotopic (exact) mass is 494 g/mol. The first kappa shape index (κ1) is 22.1. The van der Waals surface area contributed by atoms with Crippen molar-refractivity contribution in [1.29, 1.82) is 0 Å². The number of rotatable bonds is 4. The minimum Gasteiger partial charge on any atom is -0.334 e. The van der Waals surface area contributed by atoms with Gasteiger partial charge in [-0.05, 0) is 61.0 Å². The number of benzene rings is 3. The van der Waals surface area contributed by atoms with Crippen molar-refractivity contribution in [3.05, 3.63) is 106 Å². The van der Waals surface area contributed by atoms with E-state index in [9.17, 15) is 9.18 Å². The van der Waals surface area contributed by atoms with Crippen LogP contribution in [-0.4, -0.2) is 16.2 Å². The zero-order chi connectivity index (χ0) is 23.8. The maximum atomic E-state index is 13.7. The van der Waals surface area contributed by atoms with Gasteiger partial charge in [0, 0.05) is 21.3 Å². The van der Waals surface area contributed by atoms with Crippen molar-refractivity contribution < 1.29 is 13.7 Å². The van der Waals surface area contributed by atoms with Gasteiger partial charge >= 0.3 is 6.03 Å². The molecule has 1 unspecified atom stereocenters. The van der Waals surface area contributed by atoms with Gasteiger partial charge in [0.1, 0.15) is 5.82 Å². The minimum atomic E-state index is -0.601. The fraction of sp³-hybridized carbons (Fsp3) is 0.0800. The molecule has 3 aromatic carbocycles. The fourth-order valence-corrected chi connectivity index (χ4v) is 4.26. The Morgan fingerprint density at radius 3 is 2.50 bits per heavy atom. The molecule has 0 saturated carbocycles. The van der Waals surface area contributed by atoms with Crippen LogP contribution in [0.25, 0.3) is 17.0 Å². The summed E-state index contributed by atoms with van der Waals surface area (Å²) < 4.78 is 19.4. The molecule has 0 bridgehead atoms. The molecule has 1 aliphatic rings. The molecule has 9 heteroatoms. The van der Waals surface area contributed by atoms with Crippen LogP contribution in [0.15, 0.2) is 83.0 Å². The Balaban J connectivity index is 1.66. The van der Waals surface area contributed by atoms with Gasteiger partial charge in [-0.2, -0.15) is 4.98 Å². The predicted octanol–water partition coefficient (Wildman–Crippen LogP) is 6.88. The molecule has 170 valence electrons. The van der Waals surface area contributed by atoms with Crippen LogP contribution in [-0.2, 0) is 0 Å². The van der Waals surface area contributed by atoms with Crippen molar-refractivity contribution in [2.24, 2.45) is 0 Å². The van der Waals surface area contributed by atoms with Gasteiger partial charge in [-0.15, -0.1) is 0 Å². The Bertz CT molecular complexity index is 1420. The molecule has 4 aromatic rings. The van der Waals surface area contributed by atoms with E-state index in [1.165, 1.54) is 17.0 Å². The second-order valence-electron chi connectivity index (χ2n) is 7.68. The van der Waals surface area contributed by atoms with Gasteiger partial charge in [0.05, 0.1) is 17.3 Å². The number of anilines is 1. The predicted molar refractivity (Wildman–Crippen MR) is 129 cm³/mol.